The summed E-state index contributed by atoms with van der Waals surface area (Å²) in [7, 11) is 1.78. The van der Waals surface area contributed by atoms with Crippen LogP contribution in [0.25, 0.3) is 0 Å². The fourth-order valence-corrected chi connectivity index (χ4v) is 1.37. The first-order valence-corrected chi connectivity index (χ1v) is 4.35. The number of nitrogens with zero attached hydrogens (tertiary/aromatic N) is 3. The molecule has 0 aromatic carbocycles. The van der Waals surface area contributed by atoms with Gasteiger partial charge in [-0.25, -0.2) is 0 Å². The number of nitrogens with one attached hydrogen (secondary N) is 1. The van der Waals surface area contributed by atoms with E-state index in [4.69, 9.17) is 5.26 Å². The maximum atomic E-state index is 8.80. The third kappa shape index (κ3) is 1.53. The van der Waals surface area contributed by atoms with Gasteiger partial charge in [-0.15, -0.1) is 10.2 Å². The lowest BCUT2D eigenvalue weighted by Gasteiger charge is -2.08. The summed E-state index contributed by atoms with van der Waals surface area (Å²) in [4.78, 5) is 0. The van der Waals surface area contributed by atoms with E-state index in [9.17, 15) is 0 Å². The summed E-state index contributed by atoms with van der Waals surface area (Å²) in [6.07, 6.45) is 0. The lowest BCUT2D eigenvalue weighted by atomic mass is 9.97. The Morgan fingerprint density at radius 1 is 1.50 bits per heavy atom. The highest BCUT2D eigenvalue weighted by atomic mass is 32.1. The van der Waals surface area contributed by atoms with Crippen molar-refractivity contribution in [2.45, 2.75) is 19.3 Å². The van der Waals surface area contributed by atoms with E-state index >= 15 is 0 Å². The van der Waals surface area contributed by atoms with E-state index in [0.29, 0.717) is 0 Å². The zero-order valence-corrected chi connectivity index (χ0v) is 8.07. The molecule has 1 aromatic rings. The number of hydrogen-bond donors (Lipinski definition) is 1. The van der Waals surface area contributed by atoms with Crippen LogP contribution < -0.4 is 5.32 Å². The molecular weight excluding hydrogens is 172 g/mol. The van der Waals surface area contributed by atoms with Gasteiger partial charge >= 0.3 is 0 Å². The zero-order chi connectivity index (χ0) is 9.19. The molecule has 0 spiro atoms. The van der Waals surface area contributed by atoms with Crippen LogP contribution in [0.5, 0.6) is 0 Å². The Morgan fingerprint density at radius 3 is 2.58 bits per heavy atom. The van der Waals surface area contributed by atoms with Crippen LogP contribution in [0.1, 0.15) is 18.9 Å². The fourth-order valence-electron chi connectivity index (χ4n) is 0.625. The molecule has 0 bridgehead atoms. The molecule has 1 aromatic heterocycles. The first-order chi connectivity index (χ1) is 5.60. The largest absolute Gasteiger partial charge is 0.363 e. The smallest absolute Gasteiger partial charge is 0.205 e. The molecule has 5 heteroatoms. The Labute approximate surface area is 75.2 Å². The summed E-state index contributed by atoms with van der Waals surface area (Å²) < 4.78 is 0. The maximum Gasteiger partial charge on any atom is 0.205 e. The Bertz CT molecular complexity index is 309. The standard InChI is InChI=1S/C7H10N4S/c1-7(2,4-8)5-10-11-6(9-3)12-5/h1-3H3,(H,9,11). The topological polar surface area (TPSA) is 61.6 Å². The van der Waals surface area contributed by atoms with Gasteiger partial charge in [-0.3, -0.25) is 0 Å². The van der Waals surface area contributed by atoms with Crippen molar-refractivity contribution >= 4 is 16.5 Å². The lowest BCUT2D eigenvalue weighted by molar-refractivity contribution is 0.668. The van der Waals surface area contributed by atoms with Gasteiger partial charge in [0.05, 0.1) is 6.07 Å². The predicted octanol–water partition coefficient (Wildman–Crippen LogP) is 1.38. The second-order valence-corrected chi connectivity index (χ2v) is 3.88. The SMILES string of the molecule is CNc1nnc(C(C)(C)C#N)s1. The van der Waals surface area contributed by atoms with Crippen LogP contribution in [0, 0.1) is 11.3 Å². The molecule has 0 atom stereocenters. The van der Waals surface area contributed by atoms with Gasteiger partial charge < -0.3 is 5.32 Å². The minimum Gasteiger partial charge on any atom is -0.363 e. The van der Waals surface area contributed by atoms with Crippen LogP contribution in [0.3, 0.4) is 0 Å². The summed E-state index contributed by atoms with van der Waals surface area (Å²) in [6, 6.07) is 2.18. The molecule has 0 saturated carbocycles. The Morgan fingerprint density at radius 2 is 2.17 bits per heavy atom. The molecule has 12 heavy (non-hydrogen) atoms. The molecule has 0 aliphatic heterocycles. The highest BCUT2D eigenvalue weighted by Crippen LogP contribution is 2.27. The van der Waals surface area contributed by atoms with Crippen molar-refractivity contribution in [2.75, 3.05) is 12.4 Å². The lowest BCUT2D eigenvalue weighted by Crippen LogP contribution is -2.13. The molecule has 0 radical (unpaired) electrons. The van der Waals surface area contributed by atoms with E-state index in [-0.39, 0.29) is 0 Å². The first-order valence-electron chi connectivity index (χ1n) is 3.53. The van der Waals surface area contributed by atoms with Gasteiger partial charge in [0.2, 0.25) is 5.13 Å². The van der Waals surface area contributed by atoms with Crippen molar-refractivity contribution in [1.29, 1.82) is 5.26 Å². The van der Waals surface area contributed by atoms with Crippen molar-refractivity contribution in [3.8, 4) is 6.07 Å². The molecule has 4 nitrogen and oxygen atoms in total. The van der Waals surface area contributed by atoms with Crippen LogP contribution in [0.2, 0.25) is 0 Å². The number of rotatable bonds is 2. The minimum absolute atomic E-state index is 0.535. The van der Waals surface area contributed by atoms with Gasteiger partial charge in [-0.2, -0.15) is 5.26 Å². The van der Waals surface area contributed by atoms with E-state index in [1.807, 2.05) is 13.8 Å². The van der Waals surface area contributed by atoms with Gasteiger partial charge in [0.15, 0.2) is 0 Å². The summed E-state index contributed by atoms with van der Waals surface area (Å²) in [6.45, 7) is 3.65. The second kappa shape index (κ2) is 3.07. The third-order valence-electron chi connectivity index (χ3n) is 1.45. The molecule has 1 rings (SSSR count). The third-order valence-corrected chi connectivity index (χ3v) is 2.72. The van der Waals surface area contributed by atoms with Gasteiger partial charge in [-0.05, 0) is 13.8 Å². The number of aromatic nitrogens is 2. The highest BCUT2D eigenvalue weighted by molar-refractivity contribution is 7.15. The summed E-state index contributed by atoms with van der Waals surface area (Å²) in [5.41, 5.74) is -0.535. The van der Waals surface area contributed by atoms with Crippen molar-refractivity contribution < 1.29 is 0 Å². The number of anilines is 1. The highest BCUT2D eigenvalue weighted by Gasteiger charge is 2.24. The van der Waals surface area contributed by atoms with E-state index in [0.717, 1.165) is 10.1 Å². The minimum atomic E-state index is -0.535. The molecule has 0 saturated heterocycles. The molecule has 0 fully saturated rings. The number of hydrogen-bond acceptors (Lipinski definition) is 5. The van der Waals surface area contributed by atoms with E-state index in [2.05, 4.69) is 21.6 Å². The zero-order valence-electron chi connectivity index (χ0n) is 7.25. The Balaban J connectivity index is 2.98. The van der Waals surface area contributed by atoms with Crippen LogP contribution >= 0.6 is 11.3 Å². The summed E-state index contributed by atoms with van der Waals surface area (Å²) in [5, 5.41) is 20.9. The van der Waals surface area contributed by atoms with E-state index < -0.39 is 5.41 Å². The van der Waals surface area contributed by atoms with Gasteiger partial charge in [0.1, 0.15) is 10.4 Å². The fraction of sp³-hybridized carbons (Fsp3) is 0.571. The van der Waals surface area contributed by atoms with Gasteiger partial charge in [-0.1, -0.05) is 11.3 Å². The Hall–Kier alpha value is -1.15. The first kappa shape index (κ1) is 8.94. The molecule has 1 N–H and O–H groups in total. The average Bonchev–Trinajstić information content (AvgIpc) is 2.52. The van der Waals surface area contributed by atoms with Crippen molar-refractivity contribution in [2.24, 2.45) is 0 Å². The molecule has 64 valence electrons. The van der Waals surface area contributed by atoms with Gasteiger partial charge in [0.25, 0.3) is 0 Å². The second-order valence-electron chi connectivity index (χ2n) is 2.90. The molecule has 1 heterocycles. The maximum absolute atomic E-state index is 8.80. The van der Waals surface area contributed by atoms with Crippen LogP contribution in [-0.4, -0.2) is 17.2 Å². The van der Waals surface area contributed by atoms with E-state index in [1.165, 1.54) is 11.3 Å². The quantitative estimate of drug-likeness (QED) is 0.750. The normalized spacial score (nSPS) is 10.8. The van der Waals surface area contributed by atoms with E-state index in [1.54, 1.807) is 7.05 Å². The molecule has 0 aliphatic carbocycles. The van der Waals surface area contributed by atoms with Crippen LogP contribution in [0.4, 0.5) is 5.13 Å². The predicted molar refractivity (Wildman–Crippen MR) is 48.1 cm³/mol. The van der Waals surface area contributed by atoms with Gasteiger partial charge in [0, 0.05) is 7.05 Å². The van der Waals surface area contributed by atoms with Crippen molar-refractivity contribution in [3.63, 3.8) is 0 Å². The van der Waals surface area contributed by atoms with Crippen LogP contribution in [-0.2, 0) is 5.41 Å². The summed E-state index contributed by atoms with van der Waals surface area (Å²) in [5.74, 6) is 0. The average molecular weight is 182 g/mol. The Kier molecular flexibility index (Phi) is 2.29. The van der Waals surface area contributed by atoms with Crippen LogP contribution in [0.15, 0.2) is 0 Å². The molecule has 0 unspecified atom stereocenters. The van der Waals surface area contributed by atoms with Crippen molar-refractivity contribution in [3.05, 3.63) is 5.01 Å². The van der Waals surface area contributed by atoms with Crippen molar-refractivity contribution in [1.82, 2.24) is 10.2 Å². The number of nitriles is 1. The molecule has 0 amide bonds. The molecular formula is C7H10N4S. The monoisotopic (exact) mass is 182 g/mol. The molecule has 0 aliphatic rings. The summed E-state index contributed by atoms with van der Waals surface area (Å²) >= 11 is 1.41.